The number of hydrogen-bond acceptors (Lipinski definition) is 2. The quantitative estimate of drug-likeness (QED) is 0.353. The first-order valence-corrected chi connectivity index (χ1v) is 4.70. The molecule has 0 aromatic heterocycles. The molecule has 0 amide bonds. The van der Waals surface area contributed by atoms with Crippen molar-refractivity contribution in [1.82, 2.24) is 5.43 Å². The number of rotatable bonds is 7. The van der Waals surface area contributed by atoms with Gasteiger partial charge in [0.1, 0.15) is 0 Å². The van der Waals surface area contributed by atoms with Crippen molar-refractivity contribution in [2.75, 3.05) is 6.54 Å². The van der Waals surface area contributed by atoms with Crippen molar-refractivity contribution in [2.24, 2.45) is 5.10 Å². The lowest BCUT2D eigenvalue weighted by Gasteiger charge is -1.99. The Morgan fingerprint density at radius 3 is 2.75 bits per heavy atom. The van der Waals surface area contributed by atoms with Crippen LogP contribution in [0, 0.1) is 0 Å². The summed E-state index contributed by atoms with van der Waals surface area (Å²) in [6, 6.07) is 0. The summed E-state index contributed by atoms with van der Waals surface area (Å²) in [7, 11) is 0. The molecule has 0 atom stereocenters. The average Bonchev–Trinajstić information content (AvgIpc) is 2.10. The maximum atomic E-state index is 4.09. The van der Waals surface area contributed by atoms with Gasteiger partial charge in [0, 0.05) is 6.54 Å². The van der Waals surface area contributed by atoms with Crippen molar-refractivity contribution in [2.45, 2.75) is 39.5 Å². The molecule has 70 valence electrons. The van der Waals surface area contributed by atoms with Gasteiger partial charge in [0.25, 0.3) is 0 Å². The standard InChI is InChI=1S/C10H20N2/c1-4-6-7-8-9-11-12-10(3)5-2/h5,11H,2,4,6-9H2,1,3H3. The summed E-state index contributed by atoms with van der Waals surface area (Å²) in [6.07, 6.45) is 6.87. The van der Waals surface area contributed by atoms with Gasteiger partial charge in [-0.3, -0.25) is 0 Å². The van der Waals surface area contributed by atoms with Crippen LogP contribution in [-0.2, 0) is 0 Å². The largest absolute Gasteiger partial charge is 0.310 e. The highest BCUT2D eigenvalue weighted by molar-refractivity contribution is 5.91. The molecule has 0 rings (SSSR count). The lowest BCUT2D eigenvalue weighted by atomic mass is 10.2. The van der Waals surface area contributed by atoms with Gasteiger partial charge in [-0.15, -0.1) is 0 Å². The number of unbranched alkanes of at least 4 members (excludes halogenated alkanes) is 3. The monoisotopic (exact) mass is 168 g/mol. The molecule has 0 heterocycles. The molecule has 0 saturated heterocycles. The number of hydrazone groups is 1. The first kappa shape index (κ1) is 11.2. The van der Waals surface area contributed by atoms with Crippen LogP contribution in [0.4, 0.5) is 0 Å². The zero-order valence-electron chi connectivity index (χ0n) is 8.27. The second-order valence-corrected chi connectivity index (χ2v) is 2.93. The molecule has 0 radical (unpaired) electrons. The van der Waals surface area contributed by atoms with Crippen molar-refractivity contribution in [1.29, 1.82) is 0 Å². The van der Waals surface area contributed by atoms with E-state index in [0.717, 1.165) is 12.3 Å². The molecule has 0 aliphatic carbocycles. The minimum atomic E-state index is 0.950. The van der Waals surface area contributed by atoms with Crippen LogP contribution in [0.3, 0.4) is 0 Å². The van der Waals surface area contributed by atoms with Crippen molar-refractivity contribution >= 4 is 5.71 Å². The normalized spacial score (nSPS) is 11.3. The Labute approximate surface area is 75.7 Å². The third-order valence-electron chi connectivity index (χ3n) is 1.69. The molecule has 0 spiro atoms. The summed E-state index contributed by atoms with van der Waals surface area (Å²) in [6.45, 7) is 8.75. The van der Waals surface area contributed by atoms with E-state index in [4.69, 9.17) is 0 Å². The van der Waals surface area contributed by atoms with Crippen LogP contribution in [-0.4, -0.2) is 12.3 Å². The highest BCUT2D eigenvalue weighted by Gasteiger charge is 1.85. The van der Waals surface area contributed by atoms with E-state index >= 15 is 0 Å². The van der Waals surface area contributed by atoms with Crippen LogP contribution in [0.5, 0.6) is 0 Å². The summed E-state index contributed by atoms with van der Waals surface area (Å²) in [5, 5.41) is 4.09. The second kappa shape index (κ2) is 8.31. The highest BCUT2D eigenvalue weighted by Crippen LogP contribution is 1.96. The second-order valence-electron chi connectivity index (χ2n) is 2.93. The third-order valence-corrected chi connectivity index (χ3v) is 1.69. The highest BCUT2D eigenvalue weighted by atomic mass is 15.3. The number of allylic oxidation sites excluding steroid dienone is 1. The summed E-state index contributed by atoms with van der Waals surface area (Å²) >= 11 is 0. The maximum absolute atomic E-state index is 4.09. The van der Waals surface area contributed by atoms with E-state index in [1.54, 1.807) is 6.08 Å². The van der Waals surface area contributed by atoms with Gasteiger partial charge in [0.15, 0.2) is 0 Å². The van der Waals surface area contributed by atoms with Gasteiger partial charge < -0.3 is 5.43 Å². The predicted octanol–water partition coefficient (Wildman–Crippen LogP) is 2.72. The molecule has 2 heteroatoms. The lowest BCUT2D eigenvalue weighted by molar-refractivity contribution is 0.615. The molecule has 0 bridgehead atoms. The molecule has 0 aromatic rings. The van der Waals surface area contributed by atoms with Crippen LogP contribution in [0.1, 0.15) is 39.5 Å². The van der Waals surface area contributed by atoms with E-state index in [0.29, 0.717) is 0 Å². The van der Waals surface area contributed by atoms with E-state index in [1.807, 2.05) is 6.92 Å². The Balaban J connectivity index is 3.15. The topological polar surface area (TPSA) is 24.4 Å². The van der Waals surface area contributed by atoms with Crippen molar-refractivity contribution in [3.8, 4) is 0 Å². The fourth-order valence-electron chi connectivity index (χ4n) is 0.857. The van der Waals surface area contributed by atoms with Crippen LogP contribution < -0.4 is 5.43 Å². The fraction of sp³-hybridized carbons (Fsp3) is 0.700. The van der Waals surface area contributed by atoms with Gasteiger partial charge in [-0.1, -0.05) is 32.8 Å². The van der Waals surface area contributed by atoms with E-state index in [1.165, 1.54) is 25.7 Å². The van der Waals surface area contributed by atoms with Crippen LogP contribution in [0.2, 0.25) is 0 Å². The molecule has 1 N–H and O–H groups in total. The third kappa shape index (κ3) is 7.32. The summed E-state index contributed by atoms with van der Waals surface area (Å²) < 4.78 is 0. The number of hydrogen-bond donors (Lipinski definition) is 1. The van der Waals surface area contributed by atoms with E-state index in [9.17, 15) is 0 Å². The van der Waals surface area contributed by atoms with Gasteiger partial charge in [-0.2, -0.15) is 5.10 Å². The van der Waals surface area contributed by atoms with Gasteiger partial charge >= 0.3 is 0 Å². The lowest BCUT2D eigenvalue weighted by Crippen LogP contribution is -2.09. The van der Waals surface area contributed by atoms with Crippen LogP contribution >= 0.6 is 0 Å². The van der Waals surface area contributed by atoms with E-state index < -0.39 is 0 Å². The first-order chi connectivity index (χ1) is 5.81. The summed E-state index contributed by atoms with van der Waals surface area (Å²) in [4.78, 5) is 0. The molecule has 2 nitrogen and oxygen atoms in total. The molecule has 12 heavy (non-hydrogen) atoms. The minimum absolute atomic E-state index is 0.950. The zero-order valence-corrected chi connectivity index (χ0v) is 8.27. The van der Waals surface area contributed by atoms with Crippen molar-refractivity contribution in [3.05, 3.63) is 12.7 Å². The molecule has 0 aliphatic heterocycles. The van der Waals surface area contributed by atoms with Crippen molar-refractivity contribution in [3.63, 3.8) is 0 Å². The SMILES string of the molecule is C=CC(C)=NNCCCCCC. The smallest absolute Gasteiger partial charge is 0.0566 e. The van der Waals surface area contributed by atoms with Crippen molar-refractivity contribution < 1.29 is 0 Å². The van der Waals surface area contributed by atoms with Gasteiger partial charge in [-0.05, 0) is 19.4 Å². The first-order valence-electron chi connectivity index (χ1n) is 4.70. The predicted molar refractivity (Wildman–Crippen MR) is 55.5 cm³/mol. The van der Waals surface area contributed by atoms with Crippen LogP contribution in [0.15, 0.2) is 17.8 Å². The van der Waals surface area contributed by atoms with Gasteiger partial charge in [0.2, 0.25) is 0 Å². The van der Waals surface area contributed by atoms with Gasteiger partial charge in [-0.25, -0.2) is 0 Å². The Morgan fingerprint density at radius 1 is 1.42 bits per heavy atom. The fourth-order valence-corrected chi connectivity index (χ4v) is 0.857. The Kier molecular flexibility index (Phi) is 7.76. The minimum Gasteiger partial charge on any atom is -0.310 e. The number of nitrogens with zero attached hydrogens (tertiary/aromatic N) is 1. The van der Waals surface area contributed by atoms with Crippen LogP contribution in [0.25, 0.3) is 0 Å². The molecule has 0 fully saturated rings. The van der Waals surface area contributed by atoms with E-state index in [2.05, 4.69) is 24.0 Å². The van der Waals surface area contributed by atoms with E-state index in [-0.39, 0.29) is 0 Å². The maximum Gasteiger partial charge on any atom is 0.0566 e. The zero-order chi connectivity index (χ0) is 9.23. The molecular formula is C10H20N2. The Hall–Kier alpha value is -0.790. The van der Waals surface area contributed by atoms with Gasteiger partial charge in [0.05, 0.1) is 5.71 Å². The molecule has 0 unspecified atom stereocenters. The summed E-state index contributed by atoms with van der Waals surface area (Å²) in [5.74, 6) is 0. The molecule has 0 aliphatic rings. The summed E-state index contributed by atoms with van der Waals surface area (Å²) in [5.41, 5.74) is 3.96. The Bertz CT molecular complexity index is 139. The number of nitrogens with one attached hydrogen (secondary N) is 1. The average molecular weight is 168 g/mol. The molecular weight excluding hydrogens is 148 g/mol. The molecule has 0 aromatic carbocycles. The molecule has 0 saturated carbocycles. The Morgan fingerprint density at radius 2 is 2.17 bits per heavy atom.